The molecule has 0 radical (unpaired) electrons. The van der Waals surface area contributed by atoms with E-state index in [1.54, 1.807) is 0 Å². The van der Waals surface area contributed by atoms with E-state index in [0.717, 1.165) is 36.3 Å². The number of rotatable bonds is 4. The first kappa shape index (κ1) is 18.3. The molecule has 1 saturated heterocycles. The lowest BCUT2D eigenvalue weighted by atomic mass is 9.47. The number of hydrogen-bond acceptors (Lipinski definition) is 2. The normalized spacial score (nSPS) is 49.6. The predicted molar refractivity (Wildman–Crippen MR) is 105 cm³/mol. The molecule has 0 spiro atoms. The maximum absolute atomic E-state index is 6.49. The van der Waals surface area contributed by atoms with Crippen molar-refractivity contribution in [2.24, 2.45) is 34.5 Å². The average Bonchev–Trinajstić information content (AvgIpc) is 2.91. The van der Waals surface area contributed by atoms with Gasteiger partial charge in [0.2, 0.25) is 0 Å². The summed E-state index contributed by atoms with van der Waals surface area (Å²) in [5, 5.41) is 3.89. The number of nitrogens with one attached hydrogen (secondary N) is 1. The SMILES string of the molecule is CC(C)CCOC1CC[C@H]2[C@@H]3CCC4NCCC[C@]4(C)[C@H]3CC[C@]12C. The van der Waals surface area contributed by atoms with Crippen molar-refractivity contribution in [2.45, 2.75) is 97.6 Å². The molecule has 2 heteroatoms. The fraction of sp³-hybridized carbons (Fsp3) is 1.00. The minimum Gasteiger partial charge on any atom is -0.378 e. The molecule has 1 aliphatic heterocycles. The van der Waals surface area contributed by atoms with E-state index in [1.807, 2.05) is 0 Å². The Balaban J connectivity index is 1.48. The van der Waals surface area contributed by atoms with Gasteiger partial charge in [0.15, 0.2) is 0 Å². The zero-order valence-corrected chi connectivity index (χ0v) is 17.2. The molecule has 144 valence electrons. The Morgan fingerprint density at radius 2 is 1.76 bits per heavy atom. The summed E-state index contributed by atoms with van der Waals surface area (Å²) < 4.78 is 6.49. The van der Waals surface area contributed by atoms with E-state index in [-0.39, 0.29) is 0 Å². The number of ether oxygens (including phenoxy) is 1. The smallest absolute Gasteiger partial charge is 0.0631 e. The third kappa shape index (κ3) is 3.00. The monoisotopic (exact) mass is 347 g/mol. The first-order valence-corrected chi connectivity index (χ1v) is 11.3. The van der Waals surface area contributed by atoms with Crippen LogP contribution in [0, 0.1) is 34.5 Å². The van der Waals surface area contributed by atoms with Gasteiger partial charge in [0.1, 0.15) is 0 Å². The molecule has 2 unspecified atom stereocenters. The molecule has 0 aromatic carbocycles. The van der Waals surface area contributed by atoms with Crippen molar-refractivity contribution in [1.82, 2.24) is 5.32 Å². The van der Waals surface area contributed by atoms with Crippen molar-refractivity contribution in [3.63, 3.8) is 0 Å². The van der Waals surface area contributed by atoms with Crippen LogP contribution >= 0.6 is 0 Å². The highest BCUT2D eigenvalue weighted by atomic mass is 16.5. The lowest BCUT2D eigenvalue weighted by Gasteiger charge is -2.60. The van der Waals surface area contributed by atoms with Gasteiger partial charge in [-0.05, 0) is 98.8 Å². The van der Waals surface area contributed by atoms with Gasteiger partial charge in [0.05, 0.1) is 6.10 Å². The zero-order valence-electron chi connectivity index (χ0n) is 17.2. The fourth-order valence-electron chi connectivity index (χ4n) is 7.57. The van der Waals surface area contributed by atoms with Crippen LogP contribution in [0.2, 0.25) is 0 Å². The van der Waals surface area contributed by atoms with Crippen LogP contribution in [0.25, 0.3) is 0 Å². The van der Waals surface area contributed by atoms with Crippen molar-refractivity contribution in [3.8, 4) is 0 Å². The largest absolute Gasteiger partial charge is 0.378 e. The van der Waals surface area contributed by atoms with Crippen LogP contribution in [-0.4, -0.2) is 25.3 Å². The second kappa shape index (κ2) is 6.82. The molecule has 0 amide bonds. The molecule has 4 fully saturated rings. The van der Waals surface area contributed by atoms with Gasteiger partial charge < -0.3 is 10.1 Å². The summed E-state index contributed by atoms with van der Waals surface area (Å²) >= 11 is 0. The Bertz CT molecular complexity index is 477. The molecule has 4 rings (SSSR count). The summed E-state index contributed by atoms with van der Waals surface area (Å²) in [5.41, 5.74) is 1.03. The van der Waals surface area contributed by atoms with Gasteiger partial charge in [-0.3, -0.25) is 0 Å². The van der Waals surface area contributed by atoms with Crippen LogP contribution < -0.4 is 5.32 Å². The minimum absolute atomic E-state index is 0.462. The molecule has 1 heterocycles. The van der Waals surface area contributed by atoms with E-state index >= 15 is 0 Å². The maximum atomic E-state index is 6.49. The molecule has 2 nitrogen and oxygen atoms in total. The van der Waals surface area contributed by atoms with E-state index in [0.29, 0.717) is 16.9 Å². The third-order valence-corrected chi connectivity index (χ3v) is 9.08. The second-order valence-electron chi connectivity index (χ2n) is 10.7. The number of piperidine rings is 1. The summed E-state index contributed by atoms with van der Waals surface area (Å²) in [6.07, 6.45) is 13.1. The Labute approximate surface area is 155 Å². The summed E-state index contributed by atoms with van der Waals surface area (Å²) in [7, 11) is 0. The Kier molecular flexibility index (Phi) is 4.99. The topological polar surface area (TPSA) is 21.3 Å². The summed E-state index contributed by atoms with van der Waals surface area (Å²) in [5.74, 6) is 3.62. The lowest BCUT2D eigenvalue weighted by molar-refractivity contribution is -0.120. The number of hydrogen-bond donors (Lipinski definition) is 1. The van der Waals surface area contributed by atoms with Gasteiger partial charge in [-0.15, -0.1) is 0 Å². The Morgan fingerprint density at radius 1 is 0.960 bits per heavy atom. The van der Waals surface area contributed by atoms with Crippen molar-refractivity contribution in [2.75, 3.05) is 13.2 Å². The molecule has 0 aromatic heterocycles. The van der Waals surface area contributed by atoms with Gasteiger partial charge in [-0.2, -0.15) is 0 Å². The molecular formula is C23H41NO. The first-order valence-electron chi connectivity index (χ1n) is 11.3. The van der Waals surface area contributed by atoms with Crippen LogP contribution in [0.4, 0.5) is 0 Å². The fourth-order valence-corrected chi connectivity index (χ4v) is 7.57. The molecule has 25 heavy (non-hydrogen) atoms. The predicted octanol–water partition coefficient (Wildman–Crippen LogP) is 5.41. The van der Waals surface area contributed by atoms with Crippen molar-refractivity contribution in [1.29, 1.82) is 0 Å². The summed E-state index contributed by atoms with van der Waals surface area (Å²) in [6, 6.07) is 0.798. The molecule has 3 aliphatic carbocycles. The summed E-state index contributed by atoms with van der Waals surface area (Å²) in [4.78, 5) is 0. The zero-order chi connectivity index (χ0) is 17.7. The number of fused-ring (bicyclic) bond motifs is 5. The molecule has 4 aliphatic rings. The Hall–Kier alpha value is -0.0800. The van der Waals surface area contributed by atoms with Crippen LogP contribution in [0.3, 0.4) is 0 Å². The van der Waals surface area contributed by atoms with Gasteiger partial charge >= 0.3 is 0 Å². The molecule has 0 aromatic rings. The maximum Gasteiger partial charge on any atom is 0.0631 e. The van der Waals surface area contributed by atoms with Gasteiger partial charge in [0.25, 0.3) is 0 Å². The first-order chi connectivity index (χ1) is 11.9. The molecule has 7 atom stereocenters. The van der Waals surface area contributed by atoms with Crippen LogP contribution in [0.15, 0.2) is 0 Å². The van der Waals surface area contributed by atoms with Crippen molar-refractivity contribution in [3.05, 3.63) is 0 Å². The Morgan fingerprint density at radius 3 is 2.56 bits per heavy atom. The average molecular weight is 348 g/mol. The van der Waals surface area contributed by atoms with Crippen LogP contribution in [0.5, 0.6) is 0 Å². The highest BCUT2D eigenvalue weighted by molar-refractivity contribution is 5.10. The van der Waals surface area contributed by atoms with Gasteiger partial charge in [-0.1, -0.05) is 27.7 Å². The highest BCUT2D eigenvalue weighted by Gasteiger charge is 2.60. The standard InChI is InChI=1S/C23H41NO/c1-16(2)11-15-25-21-9-7-18-17-6-8-20-22(3,12-5-14-24-20)19(17)10-13-23(18,21)4/h16-21,24H,5-15H2,1-4H3/t17-,18-,19-,20?,21?,22+,23-/m0/s1. The van der Waals surface area contributed by atoms with Crippen LogP contribution in [0.1, 0.15) is 85.5 Å². The molecular weight excluding hydrogens is 306 g/mol. The van der Waals surface area contributed by atoms with E-state index in [9.17, 15) is 0 Å². The quantitative estimate of drug-likeness (QED) is 0.734. The van der Waals surface area contributed by atoms with E-state index in [2.05, 4.69) is 33.0 Å². The second-order valence-corrected chi connectivity index (χ2v) is 10.7. The molecule has 0 bridgehead atoms. The third-order valence-electron chi connectivity index (χ3n) is 9.08. The summed E-state index contributed by atoms with van der Waals surface area (Å²) in [6.45, 7) is 12.1. The van der Waals surface area contributed by atoms with Gasteiger partial charge in [0, 0.05) is 12.6 Å². The molecule has 3 saturated carbocycles. The van der Waals surface area contributed by atoms with E-state index in [4.69, 9.17) is 4.74 Å². The van der Waals surface area contributed by atoms with Crippen LogP contribution in [-0.2, 0) is 4.74 Å². The molecule has 1 N–H and O–H groups in total. The van der Waals surface area contributed by atoms with E-state index < -0.39 is 0 Å². The van der Waals surface area contributed by atoms with Gasteiger partial charge in [-0.25, -0.2) is 0 Å². The van der Waals surface area contributed by atoms with E-state index in [1.165, 1.54) is 64.3 Å². The highest BCUT2D eigenvalue weighted by Crippen LogP contribution is 2.64. The van der Waals surface area contributed by atoms with Crippen molar-refractivity contribution >= 4 is 0 Å². The minimum atomic E-state index is 0.462. The van der Waals surface area contributed by atoms with Crippen molar-refractivity contribution < 1.29 is 4.74 Å². The lowest BCUT2D eigenvalue weighted by Crippen LogP contribution is -2.60.